The van der Waals surface area contributed by atoms with E-state index in [-0.39, 0.29) is 0 Å². The maximum absolute atomic E-state index is 5.30. The molecular weight excluding hydrogens is 236 g/mol. The second kappa shape index (κ2) is 5.15. The van der Waals surface area contributed by atoms with E-state index < -0.39 is 0 Å². The molecule has 0 aromatic carbocycles. The minimum absolute atomic E-state index is 0.394. The third kappa shape index (κ3) is 2.74. The average molecular weight is 254 g/mol. The molecule has 88 valence electrons. The van der Waals surface area contributed by atoms with Gasteiger partial charge in [0.2, 0.25) is 0 Å². The molecule has 2 N–H and O–H groups in total. The van der Waals surface area contributed by atoms with Crippen LogP contribution < -0.4 is 10.6 Å². The second-order valence-electron chi connectivity index (χ2n) is 4.52. The van der Waals surface area contributed by atoms with Crippen molar-refractivity contribution in [1.82, 2.24) is 10.6 Å². The van der Waals surface area contributed by atoms with Gasteiger partial charge in [0.15, 0.2) is 5.11 Å². The lowest BCUT2D eigenvalue weighted by atomic mass is 9.94. The zero-order chi connectivity index (χ0) is 11.5. The van der Waals surface area contributed by atoms with Gasteiger partial charge >= 0.3 is 0 Å². The highest BCUT2D eigenvalue weighted by molar-refractivity contribution is 7.80. The zero-order valence-corrected chi connectivity index (χ0v) is 11.4. The number of hydrogen-bond donors (Lipinski definition) is 2. The molecule has 1 aliphatic carbocycles. The lowest BCUT2D eigenvalue weighted by molar-refractivity contribution is 0.526. The van der Waals surface area contributed by atoms with Crippen molar-refractivity contribution in [2.24, 2.45) is 0 Å². The molecule has 0 radical (unpaired) electrons. The first-order chi connectivity index (χ1) is 7.66. The van der Waals surface area contributed by atoms with Crippen LogP contribution in [0.1, 0.15) is 43.2 Å². The van der Waals surface area contributed by atoms with E-state index in [2.05, 4.69) is 35.9 Å². The van der Waals surface area contributed by atoms with E-state index in [1.165, 1.54) is 29.7 Å². The van der Waals surface area contributed by atoms with Crippen LogP contribution in [0.15, 0.2) is 11.4 Å². The Morgan fingerprint density at radius 1 is 1.56 bits per heavy atom. The van der Waals surface area contributed by atoms with E-state index >= 15 is 0 Å². The number of aryl methyl sites for hydroxylation is 1. The van der Waals surface area contributed by atoms with E-state index in [0.29, 0.717) is 12.1 Å². The summed E-state index contributed by atoms with van der Waals surface area (Å²) >= 11 is 7.16. The average Bonchev–Trinajstić information content (AvgIpc) is 2.65. The van der Waals surface area contributed by atoms with Gasteiger partial charge in [0.25, 0.3) is 0 Å². The normalized spacial score (nSPS) is 19.3. The maximum atomic E-state index is 5.30. The molecule has 2 rings (SSSR count). The molecule has 1 aromatic rings. The van der Waals surface area contributed by atoms with Crippen molar-refractivity contribution in [1.29, 1.82) is 0 Å². The van der Waals surface area contributed by atoms with Gasteiger partial charge in [0, 0.05) is 10.9 Å². The molecule has 0 aliphatic heterocycles. The van der Waals surface area contributed by atoms with Crippen molar-refractivity contribution in [2.45, 2.75) is 45.2 Å². The van der Waals surface area contributed by atoms with Gasteiger partial charge in [-0.05, 0) is 62.3 Å². The molecule has 1 aromatic heterocycles. The molecule has 0 saturated carbocycles. The molecule has 0 saturated heterocycles. The maximum Gasteiger partial charge on any atom is 0.166 e. The number of thiophene rings is 1. The highest BCUT2D eigenvalue weighted by Gasteiger charge is 2.21. The van der Waals surface area contributed by atoms with Crippen molar-refractivity contribution in [3.63, 3.8) is 0 Å². The van der Waals surface area contributed by atoms with Crippen LogP contribution in [0.25, 0.3) is 0 Å². The van der Waals surface area contributed by atoms with Crippen LogP contribution in [-0.4, -0.2) is 11.2 Å². The van der Waals surface area contributed by atoms with E-state index in [4.69, 9.17) is 12.2 Å². The third-order valence-corrected chi connectivity index (χ3v) is 4.01. The third-order valence-electron chi connectivity index (χ3n) is 2.78. The highest BCUT2D eigenvalue weighted by atomic mass is 32.1. The van der Waals surface area contributed by atoms with E-state index in [1.807, 2.05) is 11.3 Å². The topological polar surface area (TPSA) is 24.1 Å². The molecule has 0 bridgehead atoms. The first-order valence-electron chi connectivity index (χ1n) is 5.80. The first kappa shape index (κ1) is 11.9. The lowest BCUT2D eigenvalue weighted by Crippen LogP contribution is -2.41. The second-order valence-corrected chi connectivity index (χ2v) is 5.93. The Labute approximate surface area is 106 Å². The van der Waals surface area contributed by atoms with Crippen molar-refractivity contribution < 1.29 is 0 Å². The predicted octanol–water partition coefficient (Wildman–Crippen LogP) is 3.00. The summed E-state index contributed by atoms with van der Waals surface area (Å²) in [5.41, 5.74) is 1.45. The quantitative estimate of drug-likeness (QED) is 0.793. The number of nitrogens with one attached hydrogen (secondary N) is 2. The summed E-state index contributed by atoms with van der Waals surface area (Å²) < 4.78 is 0. The monoisotopic (exact) mass is 254 g/mol. The SMILES string of the molecule is CC(C)NC(=S)NC1CCCc2sccc21. The number of thiocarbonyl (C=S) groups is 1. The molecule has 1 unspecified atom stereocenters. The van der Waals surface area contributed by atoms with Crippen LogP contribution >= 0.6 is 23.6 Å². The Hall–Kier alpha value is -0.610. The summed E-state index contributed by atoms with van der Waals surface area (Å²) in [6.45, 7) is 4.20. The Morgan fingerprint density at radius 3 is 3.12 bits per heavy atom. The molecular formula is C12H18N2S2. The van der Waals surface area contributed by atoms with Gasteiger partial charge in [0.05, 0.1) is 6.04 Å². The fourth-order valence-electron chi connectivity index (χ4n) is 2.10. The Bertz CT molecular complexity index is 371. The summed E-state index contributed by atoms with van der Waals surface area (Å²) in [4.78, 5) is 1.52. The van der Waals surface area contributed by atoms with Crippen molar-refractivity contribution in [2.75, 3.05) is 0 Å². The summed E-state index contributed by atoms with van der Waals surface area (Å²) in [5.74, 6) is 0. The fourth-order valence-corrected chi connectivity index (χ4v) is 3.46. The zero-order valence-electron chi connectivity index (χ0n) is 9.75. The summed E-state index contributed by atoms with van der Waals surface area (Å²) in [5, 5.41) is 9.62. The summed E-state index contributed by atoms with van der Waals surface area (Å²) in [6.07, 6.45) is 3.68. The van der Waals surface area contributed by atoms with Crippen LogP contribution in [-0.2, 0) is 6.42 Å². The van der Waals surface area contributed by atoms with E-state index in [1.54, 1.807) is 0 Å². The first-order valence-corrected chi connectivity index (χ1v) is 7.09. The Balaban J connectivity index is 2.00. The van der Waals surface area contributed by atoms with Crippen molar-refractivity contribution in [3.05, 3.63) is 21.9 Å². The molecule has 1 heterocycles. The van der Waals surface area contributed by atoms with Crippen LogP contribution in [0.2, 0.25) is 0 Å². The van der Waals surface area contributed by atoms with E-state index in [0.717, 1.165) is 5.11 Å². The van der Waals surface area contributed by atoms with Gasteiger partial charge in [-0.2, -0.15) is 0 Å². The molecule has 0 spiro atoms. The number of rotatable bonds is 2. The standard InChI is InChI=1S/C12H18N2S2/c1-8(2)13-12(15)14-10-4-3-5-11-9(10)6-7-16-11/h6-8,10H,3-5H2,1-2H3,(H2,13,14,15). The van der Waals surface area contributed by atoms with Gasteiger partial charge in [0.1, 0.15) is 0 Å². The predicted molar refractivity (Wildman–Crippen MR) is 74.0 cm³/mol. The number of hydrogen-bond acceptors (Lipinski definition) is 2. The molecule has 1 aliphatic rings. The summed E-state index contributed by atoms with van der Waals surface area (Å²) in [6, 6.07) is 3.04. The van der Waals surface area contributed by atoms with Crippen LogP contribution in [0, 0.1) is 0 Å². The van der Waals surface area contributed by atoms with Crippen LogP contribution in [0.4, 0.5) is 0 Å². The minimum atomic E-state index is 0.394. The van der Waals surface area contributed by atoms with Crippen LogP contribution in [0.5, 0.6) is 0 Å². The molecule has 0 fully saturated rings. The van der Waals surface area contributed by atoms with E-state index in [9.17, 15) is 0 Å². The van der Waals surface area contributed by atoms with Crippen LogP contribution in [0.3, 0.4) is 0 Å². The molecule has 0 amide bonds. The lowest BCUT2D eigenvalue weighted by Gasteiger charge is -2.25. The molecule has 2 nitrogen and oxygen atoms in total. The van der Waals surface area contributed by atoms with Gasteiger partial charge < -0.3 is 10.6 Å². The van der Waals surface area contributed by atoms with Gasteiger partial charge in [-0.25, -0.2) is 0 Å². The largest absolute Gasteiger partial charge is 0.361 e. The van der Waals surface area contributed by atoms with Gasteiger partial charge in [-0.1, -0.05) is 0 Å². The smallest absolute Gasteiger partial charge is 0.166 e. The molecule has 16 heavy (non-hydrogen) atoms. The Morgan fingerprint density at radius 2 is 2.38 bits per heavy atom. The van der Waals surface area contributed by atoms with Gasteiger partial charge in [-0.3, -0.25) is 0 Å². The fraction of sp³-hybridized carbons (Fsp3) is 0.583. The van der Waals surface area contributed by atoms with Gasteiger partial charge in [-0.15, -0.1) is 11.3 Å². The molecule has 1 atom stereocenters. The molecule has 4 heteroatoms. The Kier molecular flexibility index (Phi) is 3.82. The highest BCUT2D eigenvalue weighted by Crippen LogP contribution is 2.33. The number of fused-ring (bicyclic) bond motifs is 1. The minimum Gasteiger partial charge on any atom is -0.361 e. The summed E-state index contributed by atoms with van der Waals surface area (Å²) in [7, 11) is 0. The van der Waals surface area contributed by atoms with Crippen molar-refractivity contribution in [3.8, 4) is 0 Å². The van der Waals surface area contributed by atoms with Crippen molar-refractivity contribution >= 4 is 28.7 Å².